The van der Waals surface area contributed by atoms with E-state index in [0.29, 0.717) is 5.01 Å². The van der Waals surface area contributed by atoms with Crippen molar-refractivity contribution in [2.24, 2.45) is 0 Å². The molecule has 26 heavy (non-hydrogen) atoms. The summed E-state index contributed by atoms with van der Waals surface area (Å²) in [5.41, 5.74) is 1.81. The third-order valence-corrected chi connectivity index (χ3v) is 4.73. The molecule has 8 heteroatoms. The number of thiazole rings is 1. The molecule has 0 bridgehead atoms. The molecule has 1 unspecified atom stereocenters. The van der Waals surface area contributed by atoms with E-state index in [-0.39, 0.29) is 12.6 Å². The van der Waals surface area contributed by atoms with Crippen molar-refractivity contribution in [2.75, 3.05) is 0 Å². The Morgan fingerprint density at radius 1 is 1.35 bits per heavy atom. The summed E-state index contributed by atoms with van der Waals surface area (Å²) in [5, 5.41) is 3.06. The molecule has 1 amide bonds. The Labute approximate surface area is 155 Å². The van der Waals surface area contributed by atoms with Gasteiger partial charge in [-0.05, 0) is 32.4 Å². The van der Waals surface area contributed by atoms with E-state index in [1.54, 1.807) is 37.1 Å². The first-order valence-electron chi connectivity index (χ1n) is 8.27. The van der Waals surface area contributed by atoms with E-state index in [1.807, 2.05) is 25.1 Å². The Hall–Kier alpha value is -2.74. The number of esters is 1. The summed E-state index contributed by atoms with van der Waals surface area (Å²) in [6.45, 7) is 5.72. The molecule has 2 heterocycles. The quantitative estimate of drug-likeness (QED) is 0.672. The number of para-hydroxylation sites is 1. The number of nitrogens with one attached hydrogen (secondary N) is 1. The summed E-state index contributed by atoms with van der Waals surface area (Å²) >= 11 is 1.30. The highest BCUT2D eigenvalue weighted by atomic mass is 32.1. The molecule has 0 saturated carbocycles. The average molecular weight is 372 g/mol. The maximum absolute atomic E-state index is 12.7. The van der Waals surface area contributed by atoms with Crippen molar-refractivity contribution in [1.29, 1.82) is 0 Å². The van der Waals surface area contributed by atoms with Gasteiger partial charge in [0.2, 0.25) is 0 Å². The van der Waals surface area contributed by atoms with E-state index >= 15 is 0 Å². The van der Waals surface area contributed by atoms with Crippen LogP contribution in [-0.2, 0) is 16.1 Å². The van der Waals surface area contributed by atoms with Crippen molar-refractivity contribution >= 4 is 33.4 Å². The number of amides is 1. The van der Waals surface area contributed by atoms with Crippen LogP contribution in [0, 0.1) is 6.92 Å². The first-order valence-corrected chi connectivity index (χ1v) is 9.09. The summed E-state index contributed by atoms with van der Waals surface area (Å²) in [7, 11) is 0. The van der Waals surface area contributed by atoms with Gasteiger partial charge in [0.1, 0.15) is 6.04 Å². The number of nitrogens with zero attached hydrogens (tertiary/aromatic N) is 3. The van der Waals surface area contributed by atoms with Crippen LogP contribution >= 0.6 is 11.3 Å². The first kappa shape index (κ1) is 18.1. The van der Waals surface area contributed by atoms with Crippen molar-refractivity contribution in [3.05, 3.63) is 47.5 Å². The second kappa shape index (κ2) is 7.65. The molecule has 2 aromatic heterocycles. The van der Waals surface area contributed by atoms with E-state index in [0.717, 1.165) is 15.8 Å². The number of hydrogen-bond acceptors (Lipinski definition) is 6. The predicted molar refractivity (Wildman–Crippen MR) is 99.1 cm³/mol. The van der Waals surface area contributed by atoms with E-state index in [4.69, 9.17) is 4.74 Å². The topological polar surface area (TPSA) is 86.1 Å². The molecule has 0 fully saturated rings. The normalized spacial score (nSPS) is 12.3. The summed E-state index contributed by atoms with van der Waals surface area (Å²) in [6, 6.07) is 4.98. The number of carbonyl (C=O) groups is 2. The van der Waals surface area contributed by atoms with Gasteiger partial charge in [0.25, 0.3) is 5.91 Å². The summed E-state index contributed by atoms with van der Waals surface area (Å²) in [6.07, 6.45) is 4.66. The first-order chi connectivity index (χ1) is 12.4. The van der Waals surface area contributed by atoms with Gasteiger partial charge in [0, 0.05) is 12.4 Å². The van der Waals surface area contributed by atoms with Crippen molar-refractivity contribution < 1.29 is 14.3 Å². The number of aryl methyl sites for hydroxylation is 1. The van der Waals surface area contributed by atoms with E-state index < -0.39 is 17.9 Å². The molecule has 0 aliphatic carbocycles. The molecule has 1 atom stereocenters. The minimum Gasteiger partial charge on any atom is -0.461 e. The predicted octanol–water partition coefficient (Wildman–Crippen LogP) is 2.55. The van der Waals surface area contributed by atoms with Crippen LogP contribution in [-0.4, -0.2) is 38.6 Å². The van der Waals surface area contributed by atoms with Crippen LogP contribution in [0.25, 0.3) is 10.2 Å². The largest absolute Gasteiger partial charge is 0.461 e. The lowest BCUT2D eigenvalue weighted by Gasteiger charge is -2.19. The summed E-state index contributed by atoms with van der Waals surface area (Å²) in [5.74, 6) is -0.879. The highest BCUT2D eigenvalue weighted by molar-refractivity contribution is 7.20. The van der Waals surface area contributed by atoms with Gasteiger partial charge < -0.3 is 14.6 Å². The number of imidazole rings is 1. The van der Waals surface area contributed by atoms with Crippen LogP contribution in [0.4, 0.5) is 0 Å². The van der Waals surface area contributed by atoms with Crippen LogP contribution in [0.2, 0.25) is 0 Å². The zero-order valence-corrected chi connectivity index (χ0v) is 15.6. The van der Waals surface area contributed by atoms with Crippen molar-refractivity contribution in [1.82, 2.24) is 19.9 Å². The minimum atomic E-state index is -0.827. The smallest absolute Gasteiger partial charge is 0.330 e. The standard InChI is InChI=1S/C18H20N4O3S/c1-11(2)25-18(24)13(9-22-8-7-19-10-22)20-16(23)17-21-15-12(3)5-4-6-14(15)26-17/h4-8,10-11,13H,9H2,1-3H3,(H,20,23). The highest BCUT2D eigenvalue weighted by Gasteiger charge is 2.25. The molecule has 3 aromatic rings. The van der Waals surface area contributed by atoms with Gasteiger partial charge in [0.15, 0.2) is 5.01 Å². The Morgan fingerprint density at radius 3 is 2.81 bits per heavy atom. The Bertz CT molecular complexity index is 918. The Balaban J connectivity index is 1.80. The number of benzene rings is 1. The fourth-order valence-corrected chi connectivity index (χ4v) is 3.45. The van der Waals surface area contributed by atoms with E-state index in [2.05, 4.69) is 15.3 Å². The van der Waals surface area contributed by atoms with Gasteiger partial charge in [-0.1, -0.05) is 12.1 Å². The molecule has 7 nitrogen and oxygen atoms in total. The lowest BCUT2D eigenvalue weighted by Crippen LogP contribution is -2.45. The van der Waals surface area contributed by atoms with E-state index in [1.165, 1.54) is 11.3 Å². The maximum Gasteiger partial charge on any atom is 0.330 e. The summed E-state index contributed by atoms with van der Waals surface area (Å²) < 4.78 is 7.92. The monoisotopic (exact) mass is 372 g/mol. The van der Waals surface area contributed by atoms with Gasteiger partial charge in [-0.3, -0.25) is 4.79 Å². The molecule has 1 N–H and O–H groups in total. The second-order valence-corrected chi connectivity index (χ2v) is 7.24. The molecule has 1 aromatic carbocycles. The third kappa shape index (κ3) is 4.08. The number of ether oxygens (including phenoxy) is 1. The second-order valence-electron chi connectivity index (χ2n) is 6.21. The number of aromatic nitrogens is 3. The number of carbonyl (C=O) groups excluding carboxylic acids is 2. The Morgan fingerprint density at radius 2 is 2.15 bits per heavy atom. The van der Waals surface area contributed by atoms with Gasteiger partial charge in [0.05, 0.1) is 29.2 Å². The van der Waals surface area contributed by atoms with Crippen molar-refractivity contribution in [2.45, 2.75) is 39.5 Å². The minimum absolute atomic E-state index is 0.237. The third-order valence-electron chi connectivity index (χ3n) is 3.71. The Kier molecular flexibility index (Phi) is 5.32. The number of fused-ring (bicyclic) bond motifs is 1. The average Bonchev–Trinajstić information content (AvgIpc) is 3.23. The molecule has 0 radical (unpaired) electrons. The SMILES string of the molecule is Cc1cccc2sc(C(=O)NC(Cn3ccnc3)C(=O)OC(C)C)nc12. The molecule has 0 aliphatic heterocycles. The molecular weight excluding hydrogens is 352 g/mol. The van der Waals surface area contributed by atoms with Crippen LogP contribution < -0.4 is 5.32 Å². The van der Waals surface area contributed by atoms with Gasteiger partial charge in [-0.15, -0.1) is 11.3 Å². The van der Waals surface area contributed by atoms with Gasteiger partial charge in [-0.2, -0.15) is 0 Å². The molecular formula is C18H20N4O3S. The lowest BCUT2D eigenvalue weighted by atomic mass is 10.2. The maximum atomic E-state index is 12.7. The van der Waals surface area contributed by atoms with Crippen LogP contribution in [0.5, 0.6) is 0 Å². The highest BCUT2D eigenvalue weighted by Crippen LogP contribution is 2.24. The summed E-state index contributed by atoms with van der Waals surface area (Å²) in [4.78, 5) is 33.4. The lowest BCUT2D eigenvalue weighted by molar-refractivity contribution is -0.150. The van der Waals surface area contributed by atoms with Crippen molar-refractivity contribution in [3.8, 4) is 0 Å². The van der Waals surface area contributed by atoms with E-state index in [9.17, 15) is 9.59 Å². The van der Waals surface area contributed by atoms with Gasteiger partial charge >= 0.3 is 5.97 Å². The fourth-order valence-electron chi connectivity index (χ4n) is 2.50. The number of rotatable bonds is 6. The zero-order valence-electron chi connectivity index (χ0n) is 14.8. The molecule has 0 aliphatic rings. The molecule has 0 spiro atoms. The van der Waals surface area contributed by atoms with Crippen LogP contribution in [0.1, 0.15) is 29.2 Å². The van der Waals surface area contributed by atoms with Crippen molar-refractivity contribution in [3.63, 3.8) is 0 Å². The fraction of sp³-hybridized carbons (Fsp3) is 0.333. The molecule has 136 valence electrons. The van der Waals surface area contributed by atoms with Crippen LogP contribution in [0.3, 0.4) is 0 Å². The van der Waals surface area contributed by atoms with Gasteiger partial charge in [-0.25, -0.2) is 14.8 Å². The molecule has 0 saturated heterocycles. The number of hydrogen-bond donors (Lipinski definition) is 1. The van der Waals surface area contributed by atoms with Crippen LogP contribution in [0.15, 0.2) is 36.9 Å². The zero-order chi connectivity index (χ0) is 18.7. The molecule has 3 rings (SSSR count).